The molecule has 2 aromatic carbocycles. The summed E-state index contributed by atoms with van der Waals surface area (Å²) in [4.78, 5) is 53.0. The van der Waals surface area contributed by atoms with Crippen molar-refractivity contribution in [2.75, 3.05) is 20.1 Å². The molecule has 8 N–H and O–H groups in total. The molecular weight excluding hydrogens is 707 g/mol. The number of amides is 3. The Morgan fingerprint density at radius 2 is 1.69 bits per heavy atom. The topological polar surface area (TPSA) is 171 Å². The van der Waals surface area contributed by atoms with Crippen molar-refractivity contribution in [3.8, 4) is 0 Å². The summed E-state index contributed by atoms with van der Waals surface area (Å²) in [5.41, 5.74) is 16.0. The lowest BCUT2D eigenvalue weighted by atomic mass is 9.99. The molecule has 3 heterocycles. The fraction of sp³-hybridized carbons (Fsp3) is 0.405. The summed E-state index contributed by atoms with van der Waals surface area (Å²) in [5, 5.41) is 12.0. The molecule has 3 amide bonds. The number of hydrogen-bond donors (Lipinski definition) is 6. The molecule has 51 heavy (non-hydrogen) atoms. The van der Waals surface area contributed by atoms with Crippen molar-refractivity contribution >= 4 is 63.6 Å². The van der Waals surface area contributed by atoms with Gasteiger partial charge in [-0.3, -0.25) is 14.4 Å². The van der Waals surface area contributed by atoms with Crippen LogP contribution in [0.15, 0.2) is 64.6 Å². The number of aromatic nitrogens is 2. The molecule has 0 unspecified atom stereocenters. The summed E-state index contributed by atoms with van der Waals surface area (Å²) in [5.74, 6) is -1.04. The number of H-pyrrole nitrogens is 1. The van der Waals surface area contributed by atoms with Gasteiger partial charge in [0.15, 0.2) is 0 Å². The zero-order valence-electron chi connectivity index (χ0n) is 28.9. The Hall–Kier alpha value is -3.65. The van der Waals surface area contributed by atoms with Gasteiger partial charge in [-0.25, -0.2) is 4.98 Å². The van der Waals surface area contributed by atoms with Crippen LogP contribution in [0.1, 0.15) is 54.5 Å². The number of halogens is 2. The third-order valence-electron chi connectivity index (χ3n) is 9.24. The lowest BCUT2D eigenvalue weighted by Crippen LogP contribution is -2.57. The average molecular weight is 754 g/mol. The molecule has 1 aliphatic rings. The largest absolute Gasteiger partial charge is 0.358 e. The van der Waals surface area contributed by atoms with Gasteiger partial charge in [-0.1, -0.05) is 59.2 Å². The van der Waals surface area contributed by atoms with E-state index >= 15 is 0 Å². The number of aryl methyl sites for hydroxylation is 1. The van der Waals surface area contributed by atoms with Gasteiger partial charge in [-0.05, 0) is 93.1 Å². The Kier molecular flexibility index (Phi) is 13.8. The van der Waals surface area contributed by atoms with Crippen molar-refractivity contribution in [2.45, 2.75) is 86.6 Å². The lowest BCUT2D eigenvalue weighted by Gasteiger charge is -2.32. The number of fused-ring (bicyclic) bond motifs is 3. The maximum Gasteiger partial charge on any atom is 0.245 e. The van der Waals surface area contributed by atoms with Gasteiger partial charge in [-0.2, -0.15) is 0 Å². The SMILES string of the molecule is Cc1[nH]c2ccccc2c1C[C@H]1C(=O)NCc2cc(Cl)cc(Cl)c2Sc2ncccc2CN[C@@H](CCCN)C(=O)N[C@@H](CCCCN)C(=O)N1C. The van der Waals surface area contributed by atoms with E-state index in [1.165, 1.54) is 16.7 Å². The number of pyridine rings is 1. The summed E-state index contributed by atoms with van der Waals surface area (Å²) in [6.45, 7) is 3.25. The Morgan fingerprint density at radius 3 is 2.47 bits per heavy atom. The molecule has 11 nitrogen and oxygen atoms in total. The van der Waals surface area contributed by atoms with Crippen LogP contribution in [-0.2, 0) is 33.9 Å². The number of nitrogens with two attached hydrogens (primary N) is 2. The molecule has 1 aliphatic heterocycles. The molecule has 0 spiro atoms. The molecule has 0 radical (unpaired) electrons. The second kappa shape index (κ2) is 18.2. The minimum atomic E-state index is -0.917. The smallest absolute Gasteiger partial charge is 0.245 e. The summed E-state index contributed by atoms with van der Waals surface area (Å²) in [6, 6.07) is 12.6. The van der Waals surface area contributed by atoms with E-state index in [9.17, 15) is 14.4 Å². The third-order valence-corrected chi connectivity index (χ3v) is 11.1. The van der Waals surface area contributed by atoms with Gasteiger partial charge in [0, 0.05) is 59.3 Å². The van der Waals surface area contributed by atoms with E-state index in [0.29, 0.717) is 77.3 Å². The summed E-state index contributed by atoms with van der Waals surface area (Å²) in [7, 11) is 1.62. The first kappa shape index (κ1) is 38.6. The molecule has 4 aromatic rings. The summed E-state index contributed by atoms with van der Waals surface area (Å²) < 4.78 is 0. The Bertz CT molecular complexity index is 1850. The highest BCUT2D eigenvalue weighted by Crippen LogP contribution is 2.38. The molecule has 5 rings (SSSR count). The number of unbranched alkanes of at least 4 members (excludes halogenated alkanes) is 1. The van der Waals surface area contributed by atoms with Crippen molar-refractivity contribution in [2.24, 2.45) is 11.5 Å². The first-order valence-corrected chi connectivity index (χ1v) is 18.8. The number of nitrogens with one attached hydrogen (secondary N) is 4. The third kappa shape index (κ3) is 9.62. The summed E-state index contributed by atoms with van der Waals surface area (Å²) in [6.07, 6.45) is 4.66. The molecule has 14 heteroatoms. The van der Waals surface area contributed by atoms with Crippen LogP contribution in [-0.4, -0.2) is 70.9 Å². The van der Waals surface area contributed by atoms with Crippen LogP contribution in [0.3, 0.4) is 0 Å². The van der Waals surface area contributed by atoms with Crippen LogP contribution >= 0.6 is 35.0 Å². The van der Waals surface area contributed by atoms with Crippen LogP contribution in [0.25, 0.3) is 10.9 Å². The molecule has 0 saturated carbocycles. The number of hydrogen-bond acceptors (Lipinski definition) is 8. The zero-order valence-corrected chi connectivity index (χ0v) is 31.3. The standard InChI is InChI=1S/C37H46Cl2N8O3S/c1-22-27(26-10-3-4-11-29(26)45-22)19-32-35(49)44-21-24-17-25(38)18-28(39)33(24)51-36-23(9-8-16-42-36)20-43-30(13-7-15-41)34(48)46-31(12-5-6-14-40)37(50)47(32)2/h3-4,8-11,16-18,30-32,43,45H,5-7,12-15,19-21,40-41H2,1-2H3,(H,44,49)(H,46,48)/t30-,31-,32-/m0/s1. The van der Waals surface area contributed by atoms with Crippen LogP contribution in [0.2, 0.25) is 10.0 Å². The Labute approximate surface area is 313 Å². The molecule has 0 aliphatic carbocycles. The lowest BCUT2D eigenvalue weighted by molar-refractivity contribution is -0.142. The van der Waals surface area contributed by atoms with Gasteiger partial charge in [0.1, 0.15) is 17.1 Å². The van der Waals surface area contributed by atoms with Crippen molar-refractivity contribution < 1.29 is 14.4 Å². The number of nitrogens with zero attached hydrogens (tertiary/aromatic N) is 2. The van der Waals surface area contributed by atoms with Gasteiger partial charge in [0.25, 0.3) is 0 Å². The first-order chi connectivity index (χ1) is 24.6. The highest BCUT2D eigenvalue weighted by atomic mass is 35.5. The van der Waals surface area contributed by atoms with E-state index in [1.807, 2.05) is 43.3 Å². The fourth-order valence-electron chi connectivity index (χ4n) is 6.41. The zero-order chi connectivity index (χ0) is 36.5. The minimum absolute atomic E-state index is 0.102. The van der Waals surface area contributed by atoms with E-state index in [2.05, 4.69) is 25.9 Å². The minimum Gasteiger partial charge on any atom is -0.358 e. The molecule has 0 bridgehead atoms. The normalized spacial score (nSPS) is 19.3. The van der Waals surface area contributed by atoms with Crippen molar-refractivity contribution in [1.82, 2.24) is 30.8 Å². The second-order valence-corrected chi connectivity index (χ2v) is 14.7. The average Bonchev–Trinajstić information content (AvgIpc) is 3.44. The number of aromatic amines is 1. The number of rotatable bonds is 9. The quantitative estimate of drug-likeness (QED) is 0.132. The molecule has 0 fully saturated rings. The number of carbonyl (C=O) groups excluding carboxylic acids is 3. The number of carbonyl (C=O) groups is 3. The van der Waals surface area contributed by atoms with Crippen molar-refractivity contribution in [3.05, 3.63) is 87.2 Å². The highest BCUT2D eigenvalue weighted by molar-refractivity contribution is 7.99. The molecule has 2 aromatic heterocycles. The van der Waals surface area contributed by atoms with Crippen LogP contribution < -0.4 is 27.4 Å². The van der Waals surface area contributed by atoms with Crippen LogP contribution in [0, 0.1) is 6.92 Å². The van der Waals surface area contributed by atoms with Gasteiger partial charge >= 0.3 is 0 Å². The predicted octanol–water partition coefficient (Wildman–Crippen LogP) is 4.84. The monoisotopic (exact) mass is 752 g/mol. The molecule has 3 atom stereocenters. The molecular formula is C37H46Cl2N8O3S. The van der Waals surface area contributed by atoms with Gasteiger partial charge in [0.05, 0.1) is 11.1 Å². The van der Waals surface area contributed by atoms with Crippen LogP contribution in [0.4, 0.5) is 0 Å². The van der Waals surface area contributed by atoms with E-state index in [1.54, 1.807) is 25.4 Å². The number of likely N-dealkylation sites (N-methyl/N-ethyl adjacent to an activating group) is 1. The highest BCUT2D eigenvalue weighted by Gasteiger charge is 2.34. The maximum atomic E-state index is 14.4. The van der Waals surface area contributed by atoms with Crippen LogP contribution in [0.5, 0.6) is 0 Å². The van der Waals surface area contributed by atoms with Crippen molar-refractivity contribution in [1.29, 1.82) is 0 Å². The van der Waals surface area contributed by atoms with Crippen molar-refractivity contribution in [3.63, 3.8) is 0 Å². The molecule has 0 saturated heterocycles. The van der Waals surface area contributed by atoms with E-state index in [-0.39, 0.29) is 30.7 Å². The maximum absolute atomic E-state index is 14.4. The second-order valence-electron chi connectivity index (χ2n) is 12.8. The van der Waals surface area contributed by atoms with E-state index < -0.39 is 18.1 Å². The molecule has 272 valence electrons. The summed E-state index contributed by atoms with van der Waals surface area (Å²) >= 11 is 14.6. The predicted molar refractivity (Wildman–Crippen MR) is 204 cm³/mol. The fourth-order valence-corrected chi connectivity index (χ4v) is 8.05. The Morgan fingerprint density at radius 1 is 0.922 bits per heavy atom. The van der Waals surface area contributed by atoms with Gasteiger partial charge in [-0.15, -0.1) is 0 Å². The van der Waals surface area contributed by atoms with Gasteiger partial charge in [0.2, 0.25) is 17.7 Å². The number of benzene rings is 2. The number of para-hydroxylation sites is 1. The first-order valence-electron chi connectivity index (χ1n) is 17.2. The van der Waals surface area contributed by atoms with E-state index in [0.717, 1.165) is 27.7 Å². The van der Waals surface area contributed by atoms with E-state index in [4.69, 9.17) is 34.7 Å². The Balaban J connectivity index is 1.59. The van der Waals surface area contributed by atoms with Gasteiger partial charge < -0.3 is 37.3 Å².